The number of hydrogen-bond acceptors (Lipinski definition) is 3. The second kappa shape index (κ2) is 4.60. The minimum atomic E-state index is -0.0328. The van der Waals surface area contributed by atoms with E-state index < -0.39 is 0 Å². The van der Waals surface area contributed by atoms with Crippen molar-refractivity contribution in [3.8, 4) is 0 Å². The van der Waals surface area contributed by atoms with Gasteiger partial charge in [0.1, 0.15) is 0 Å². The zero-order valence-electron chi connectivity index (χ0n) is 9.60. The van der Waals surface area contributed by atoms with Crippen molar-refractivity contribution in [2.45, 2.75) is 39.2 Å². The molecule has 1 rings (SSSR count). The fourth-order valence-electron chi connectivity index (χ4n) is 1.70. The Kier molecular flexibility index (Phi) is 3.93. The Morgan fingerprint density at radius 3 is 2.71 bits per heavy atom. The van der Waals surface area contributed by atoms with Crippen LogP contribution in [0.15, 0.2) is 0 Å². The molecule has 3 heteroatoms. The lowest BCUT2D eigenvalue weighted by atomic mass is 9.94. The summed E-state index contributed by atoms with van der Waals surface area (Å²) in [7, 11) is 0. The van der Waals surface area contributed by atoms with Crippen LogP contribution in [0.2, 0.25) is 0 Å². The van der Waals surface area contributed by atoms with Gasteiger partial charge >= 0.3 is 0 Å². The molecule has 14 heavy (non-hydrogen) atoms. The Morgan fingerprint density at radius 2 is 2.21 bits per heavy atom. The highest BCUT2D eigenvalue weighted by atomic mass is 16.5. The van der Waals surface area contributed by atoms with Gasteiger partial charge in [0, 0.05) is 31.7 Å². The van der Waals surface area contributed by atoms with Gasteiger partial charge in [-0.15, -0.1) is 0 Å². The number of aliphatic hydroxyl groups excluding tert-OH is 1. The van der Waals surface area contributed by atoms with Gasteiger partial charge in [-0.3, -0.25) is 0 Å². The molecule has 84 valence electrons. The molecule has 1 saturated heterocycles. The number of nitrogens with one attached hydrogen (secondary N) is 1. The fraction of sp³-hybridized carbons (Fsp3) is 1.00. The Morgan fingerprint density at radius 1 is 1.50 bits per heavy atom. The van der Waals surface area contributed by atoms with E-state index in [4.69, 9.17) is 9.84 Å². The summed E-state index contributed by atoms with van der Waals surface area (Å²) < 4.78 is 5.66. The van der Waals surface area contributed by atoms with Gasteiger partial charge in [0.25, 0.3) is 0 Å². The molecule has 0 aromatic carbocycles. The van der Waals surface area contributed by atoms with Crippen LogP contribution in [0.1, 0.15) is 33.6 Å². The minimum absolute atomic E-state index is 0.0194. The number of hydrogen-bond donors (Lipinski definition) is 2. The molecule has 0 amide bonds. The van der Waals surface area contributed by atoms with Gasteiger partial charge in [-0.2, -0.15) is 0 Å². The summed E-state index contributed by atoms with van der Waals surface area (Å²) in [5.41, 5.74) is -0.0134. The summed E-state index contributed by atoms with van der Waals surface area (Å²) in [5.74, 6) is 0. The van der Waals surface area contributed by atoms with E-state index in [1.165, 1.54) is 6.42 Å². The van der Waals surface area contributed by atoms with Crippen molar-refractivity contribution in [3.05, 3.63) is 0 Å². The van der Waals surface area contributed by atoms with Crippen LogP contribution in [0.4, 0.5) is 0 Å². The first-order valence-electron chi connectivity index (χ1n) is 5.43. The lowest BCUT2D eigenvalue weighted by Crippen LogP contribution is -2.42. The van der Waals surface area contributed by atoms with Gasteiger partial charge in [0.2, 0.25) is 0 Å². The van der Waals surface area contributed by atoms with E-state index in [2.05, 4.69) is 26.1 Å². The lowest BCUT2D eigenvalue weighted by Gasteiger charge is -2.27. The van der Waals surface area contributed by atoms with Crippen molar-refractivity contribution in [2.24, 2.45) is 5.41 Å². The molecule has 0 radical (unpaired) electrons. The second-order valence-corrected chi connectivity index (χ2v) is 5.33. The Balaban J connectivity index is 2.20. The van der Waals surface area contributed by atoms with Crippen LogP contribution < -0.4 is 5.32 Å². The van der Waals surface area contributed by atoms with Crippen molar-refractivity contribution >= 4 is 0 Å². The SMILES string of the molecule is CC(C)(CO)CNCC1(C)CCCO1. The topological polar surface area (TPSA) is 41.5 Å². The highest BCUT2D eigenvalue weighted by molar-refractivity contribution is 4.83. The van der Waals surface area contributed by atoms with E-state index in [-0.39, 0.29) is 17.6 Å². The third kappa shape index (κ3) is 3.56. The summed E-state index contributed by atoms with van der Waals surface area (Å²) >= 11 is 0. The van der Waals surface area contributed by atoms with Crippen molar-refractivity contribution in [3.63, 3.8) is 0 Å². The van der Waals surface area contributed by atoms with E-state index >= 15 is 0 Å². The maximum Gasteiger partial charge on any atom is 0.0779 e. The molecule has 3 nitrogen and oxygen atoms in total. The van der Waals surface area contributed by atoms with Crippen molar-refractivity contribution in [1.82, 2.24) is 5.32 Å². The predicted octanol–water partition coefficient (Wildman–Crippen LogP) is 1.16. The molecule has 1 aliphatic heterocycles. The van der Waals surface area contributed by atoms with E-state index in [1.54, 1.807) is 0 Å². The average Bonchev–Trinajstić information content (AvgIpc) is 2.52. The lowest BCUT2D eigenvalue weighted by molar-refractivity contribution is 0.0180. The molecule has 1 aliphatic rings. The summed E-state index contributed by atoms with van der Waals surface area (Å²) in [5, 5.41) is 12.5. The van der Waals surface area contributed by atoms with Crippen LogP contribution in [0.25, 0.3) is 0 Å². The number of aliphatic hydroxyl groups is 1. The van der Waals surface area contributed by atoms with Crippen LogP contribution in [0, 0.1) is 5.41 Å². The number of ether oxygens (including phenoxy) is 1. The summed E-state index contributed by atoms with van der Waals surface area (Å²) in [6, 6.07) is 0. The molecular formula is C11H23NO2. The zero-order valence-corrected chi connectivity index (χ0v) is 9.60. The molecule has 0 spiro atoms. The van der Waals surface area contributed by atoms with Gasteiger partial charge in [0.05, 0.1) is 5.60 Å². The quantitative estimate of drug-likeness (QED) is 0.701. The first kappa shape index (κ1) is 12.0. The maximum absolute atomic E-state index is 9.08. The molecule has 2 N–H and O–H groups in total. The van der Waals surface area contributed by atoms with E-state index in [9.17, 15) is 0 Å². The zero-order chi connectivity index (χ0) is 10.7. The summed E-state index contributed by atoms with van der Waals surface area (Å²) in [4.78, 5) is 0. The van der Waals surface area contributed by atoms with Crippen molar-refractivity contribution < 1.29 is 9.84 Å². The normalized spacial score (nSPS) is 28.3. The van der Waals surface area contributed by atoms with Crippen molar-refractivity contribution in [2.75, 3.05) is 26.3 Å². The molecule has 1 atom stereocenters. The van der Waals surface area contributed by atoms with Gasteiger partial charge in [-0.25, -0.2) is 0 Å². The molecule has 0 saturated carbocycles. The molecule has 0 aromatic heterocycles. The number of rotatable bonds is 5. The second-order valence-electron chi connectivity index (χ2n) is 5.33. The molecule has 1 unspecified atom stereocenters. The monoisotopic (exact) mass is 201 g/mol. The molecular weight excluding hydrogens is 178 g/mol. The Labute approximate surface area is 86.8 Å². The summed E-state index contributed by atoms with van der Waals surface area (Å²) in [6.07, 6.45) is 2.31. The smallest absolute Gasteiger partial charge is 0.0779 e. The molecule has 0 aliphatic carbocycles. The standard InChI is InChI=1S/C11H23NO2/c1-10(2,9-13)7-12-8-11(3)5-4-6-14-11/h12-13H,4-9H2,1-3H3. The molecule has 1 heterocycles. The molecule has 0 bridgehead atoms. The summed E-state index contributed by atoms with van der Waals surface area (Å²) in [6.45, 7) is 9.09. The predicted molar refractivity (Wildman–Crippen MR) is 57.3 cm³/mol. The highest BCUT2D eigenvalue weighted by Crippen LogP contribution is 2.24. The van der Waals surface area contributed by atoms with Gasteiger partial charge in [-0.1, -0.05) is 13.8 Å². The fourth-order valence-corrected chi connectivity index (χ4v) is 1.70. The van der Waals surface area contributed by atoms with Gasteiger partial charge < -0.3 is 15.2 Å². The van der Waals surface area contributed by atoms with Crippen LogP contribution in [0.3, 0.4) is 0 Å². The molecule has 0 aromatic rings. The van der Waals surface area contributed by atoms with E-state index in [0.29, 0.717) is 0 Å². The van der Waals surface area contributed by atoms with Crippen LogP contribution >= 0.6 is 0 Å². The minimum Gasteiger partial charge on any atom is -0.396 e. The highest BCUT2D eigenvalue weighted by Gasteiger charge is 2.29. The third-order valence-corrected chi connectivity index (χ3v) is 2.83. The van der Waals surface area contributed by atoms with Crippen LogP contribution in [-0.4, -0.2) is 37.0 Å². The first-order chi connectivity index (χ1) is 6.47. The van der Waals surface area contributed by atoms with E-state index in [0.717, 1.165) is 26.1 Å². The van der Waals surface area contributed by atoms with Crippen LogP contribution in [-0.2, 0) is 4.74 Å². The molecule has 1 fully saturated rings. The maximum atomic E-state index is 9.08. The van der Waals surface area contributed by atoms with Gasteiger partial charge in [-0.05, 0) is 19.8 Å². The average molecular weight is 201 g/mol. The van der Waals surface area contributed by atoms with Gasteiger partial charge in [0.15, 0.2) is 0 Å². The third-order valence-electron chi connectivity index (χ3n) is 2.83. The Bertz CT molecular complexity index is 174. The van der Waals surface area contributed by atoms with Crippen LogP contribution in [0.5, 0.6) is 0 Å². The largest absolute Gasteiger partial charge is 0.396 e. The first-order valence-corrected chi connectivity index (χ1v) is 5.43. The van der Waals surface area contributed by atoms with Crippen molar-refractivity contribution in [1.29, 1.82) is 0 Å². The van der Waals surface area contributed by atoms with E-state index in [1.807, 2.05) is 0 Å². The Hall–Kier alpha value is -0.120.